The highest BCUT2D eigenvalue weighted by atomic mass is 19.4. The quantitative estimate of drug-likeness (QED) is 0.785. The van der Waals surface area contributed by atoms with Crippen LogP contribution in [0.2, 0.25) is 0 Å². The fourth-order valence-electron chi connectivity index (χ4n) is 2.45. The summed E-state index contributed by atoms with van der Waals surface area (Å²) >= 11 is 0. The third-order valence-electron chi connectivity index (χ3n) is 3.24. The lowest BCUT2D eigenvalue weighted by Gasteiger charge is -2.20. The Hall–Kier alpha value is -1.03. The van der Waals surface area contributed by atoms with Crippen molar-refractivity contribution in [3.8, 4) is 0 Å². The van der Waals surface area contributed by atoms with Crippen molar-refractivity contribution in [2.75, 3.05) is 0 Å². The van der Waals surface area contributed by atoms with Crippen molar-refractivity contribution in [2.45, 2.75) is 37.4 Å². The van der Waals surface area contributed by atoms with Crippen molar-refractivity contribution in [1.29, 1.82) is 0 Å². The third-order valence-corrected chi connectivity index (χ3v) is 3.24. The first-order valence-electron chi connectivity index (χ1n) is 5.42. The Kier molecular flexibility index (Phi) is 2.93. The van der Waals surface area contributed by atoms with Crippen molar-refractivity contribution in [3.63, 3.8) is 0 Å². The van der Waals surface area contributed by atoms with E-state index in [0.29, 0.717) is 5.56 Å². The predicted octanol–water partition coefficient (Wildman–Crippen LogP) is 3.30. The lowest BCUT2D eigenvalue weighted by molar-refractivity contribution is -0.138. The maximum Gasteiger partial charge on any atom is 0.416 e. The Balaban J connectivity index is 2.40. The molecule has 1 saturated carbocycles. The Labute approximate surface area is 92.5 Å². The van der Waals surface area contributed by atoms with Gasteiger partial charge in [-0.25, -0.2) is 0 Å². The second-order valence-electron chi connectivity index (χ2n) is 4.29. The van der Waals surface area contributed by atoms with Crippen LogP contribution >= 0.6 is 0 Å². The standard InChI is InChI=1S/C12H14F3N/c13-12(14,15)10-6-2-1-4-8(10)9-5-3-7-11(9)16/h1-2,4,6,9,11H,3,5,7,16H2. The predicted molar refractivity (Wildman–Crippen MR) is 56.0 cm³/mol. The Morgan fingerprint density at radius 2 is 1.81 bits per heavy atom. The minimum absolute atomic E-state index is 0.136. The molecule has 1 aliphatic rings. The molecular weight excluding hydrogens is 215 g/mol. The van der Waals surface area contributed by atoms with Crippen molar-refractivity contribution in [1.82, 2.24) is 0 Å². The van der Waals surface area contributed by atoms with Crippen LogP contribution in [0.15, 0.2) is 24.3 Å². The van der Waals surface area contributed by atoms with Gasteiger partial charge in [-0.2, -0.15) is 13.2 Å². The molecule has 0 radical (unpaired) electrons. The summed E-state index contributed by atoms with van der Waals surface area (Å²) in [6.45, 7) is 0. The molecule has 0 spiro atoms. The van der Waals surface area contributed by atoms with E-state index in [1.807, 2.05) is 0 Å². The SMILES string of the molecule is NC1CCCC1c1ccccc1C(F)(F)F. The van der Waals surface area contributed by atoms with Crippen molar-refractivity contribution in [3.05, 3.63) is 35.4 Å². The topological polar surface area (TPSA) is 26.0 Å². The zero-order valence-electron chi connectivity index (χ0n) is 8.80. The van der Waals surface area contributed by atoms with Gasteiger partial charge in [0.25, 0.3) is 0 Å². The minimum atomic E-state index is -4.28. The van der Waals surface area contributed by atoms with Gasteiger partial charge in [-0.1, -0.05) is 24.6 Å². The average molecular weight is 229 g/mol. The van der Waals surface area contributed by atoms with Crippen LogP contribution in [-0.4, -0.2) is 6.04 Å². The molecule has 0 saturated heterocycles. The van der Waals surface area contributed by atoms with Gasteiger partial charge in [-0.05, 0) is 30.4 Å². The van der Waals surface area contributed by atoms with E-state index in [0.717, 1.165) is 25.3 Å². The molecule has 1 aromatic rings. The Bertz CT molecular complexity index is 373. The monoisotopic (exact) mass is 229 g/mol. The largest absolute Gasteiger partial charge is 0.416 e. The summed E-state index contributed by atoms with van der Waals surface area (Å²) < 4.78 is 38.4. The third kappa shape index (κ3) is 2.07. The molecule has 88 valence electrons. The number of halogens is 3. The van der Waals surface area contributed by atoms with Crippen LogP contribution in [0.4, 0.5) is 13.2 Å². The maximum absolute atomic E-state index is 12.8. The van der Waals surface area contributed by atoms with Crippen LogP contribution < -0.4 is 5.73 Å². The van der Waals surface area contributed by atoms with E-state index < -0.39 is 11.7 Å². The minimum Gasteiger partial charge on any atom is -0.327 e. The summed E-state index contributed by atoms with van der Waals surface area (Å²) in [4.78, 5) is 0. The van der Waals surface area contributed by atoms with Gasteiger partial charge in [0.2, 0.25) is 0 Å². The van der Waals surface area contributed by atoms with E-state index in [-0.39, 0.29) is 12.0 Å². The zero-order chi connectivity index (χ0) is 11.8. The zero-order valence-corrected chi connectivity index (χ0v) is 8.80. The summed E-state index contributed by atoms with van der Waals surface area (Å²) in [5, 5.41) is 0. The van der Waals surface area contributed by atoms with Crippen LogP contribution in [0.3, 0.4) is 0 Å². The molecule has 0 heterocycles. The average Bonchev–Trinajstić information content (AvgIpc) is 2.63. The molecule has 2 unspecified atom stereocenters. The number of alkyl halides is 3. The van der Waals surface area contributed by atoms with Crippen LogP contribution in [0, 0.1) is 0 Å². The molecule has 1 fully saturated rings. The van der Waals surface area contributed by atoms with E-state index in [1.54, 1.807) is 12.1 Å². The van der Waals surface area contributed by atoms with Gasteiger partial charge in [0, 0.05) is 6.04 Å². The molecule has 0 bridgehead atoms. The second kappa shape index (κ2) is 4.09. The van der Waals surface area contributed by atoms with Gasteiger partial charge < -0.3 is 5.73 Å². The normalized spacial score (nSPS) is 26.0. The first-order chi connectivity index (χ1) is 7.50. The number of hydrogen-bond acceptors (Lipinski definition) is 1. The Morgan fingerprint density at radius 1 is 1.12 bits per heavy atom. The number of nitrogens with two attached hydrogens (primary N) is 1. The van der Waals surface area contributed by atoms with E-state index in [2.05, 4.69) is 0 Å². The smallest absolute Gasteiger partial charge is 0.327 e. The summed E-state index contributed by atoms with van der Waals surface area (Å²) in [5.74, 6) is -0.141. The van der Waals surface area contributed by atoms with Gasteiger partial charge in [0.1, 0.15) is 0 Å². The van der Waals surface area contributed by atoms with Gasteiger partial charge in [-0.15, -0.1) is 0 Å². The summed E-state index contributed by atoms with van der Waals surface area (Å²) in [7, 11) is 0. The fourth-order valence-corrected chi connectivity index (χ4v) is 2.45. The molecule has 2 rings (SSSR count). The molecule has 0 amide bonds. The fraction of sp³-hybridized carbons (Fsp3) is 0.500. The summed E-state index contributed by atoms with van der Waals surface area (Å²) in [5.41, 5.74) is 5.69. The number of hydrogen-bond donors (Lipinski definition) is 1. The molecule has 0 aromatic heterocycles. The molecule has 2 atom stereocenters. The highest BCUT2D eigenvalue weighted by molar-refractivity contribution is 5.34. The molecule has 2 N–H and O–H groups in total. The van der Waals surface area contributed by atoms with E-state index >= 15 is 0 Å². The Morgan fingerprint density at radius 3 is 2.38 bits per heavy atom. The van der Waals surface area contributed by atoms with E-state index in [4.69, 9.17) is 5.73 Å². The highest BCUT2D eigenvalue weighted by Gasteiger charge is 2.37. The molecule has 16 heavy (non-hydrogen) atoms. The lowest BCUT2D eigenvalue weighted by Crippen LogP contribution is -2.25. The molecule has 4 heteroatoms. The van der Waals surface area contributed by atoms with Crippen LogP contribution in [-0.2, 0) is 6.18 Å². The first kappa shape index (κ1) is 11.5. The van der Waals surface area contributed by atoms with Crippen LogP contribution in [0.25, 0.3) is 0 Å². The van der Waals surface area contributed by atoms with Crippen molar-refractivity contribution < 1.29 is 13.2 Å². The first-order valence-corrected chi connectivity index (χ1v) is 5.42. The summed E-state index contributed by atoms with van der Waals surface area (Å²) in [6.07, 6.45) is -1.79. The maximum atomic E-state index is 12.8. The number of rotatable bonds is 1. The van der Waals surface area contributed by atoms with Crippen LogP contribution in [0.5, 0.6) is 0 Å². The highest BCUT2D eigenvalue weighted by Crippen LogP contribution is 2.40. The van der Waals surface area contributed by atoms with Gasteiger partial charge in [0.15, 0.2) is 0 Å². The van der Waals surface area contributed by atoms with Crippen LogP contribution in [0.1, 0.15) is 36.3 Å². The molecule has 1 nitrogen and oxygen atoms in total. The second-order valence-corrected chi connectivity index (χ2v) is 4.29. The molecule has 1 aliphatic carbocycles. The summed E-state index contributed by atoms with van der Waals surface area (Å²) in [6, 6.07) is 5.63. The lowest BCUT2D eigenvalue weighted by atomic mass is 9.90. The molecular formula is C12H14F3N. The van der Waals surface area contributed by atoms with Crippen molar-refractivity contribution >= 4 is 0 Å². The van der Waals surface area contributed by atoms with Gasteiger partial charge in [0.05, 0.1) is 5.56 Å². The van der Waals surface area contributed by atoms with E-state index in [9.17, 15) is 13.2 Å². The van der Waals surface area contributed by atoms with E-state index in [1.165, 1.54) is 6.07 Å². The van der Waals surface area contributed by atoms with Gasteiger partial charge >= 0.3 is 6.18 Å². The van der Waals surface area contributed by atoms with Crippen molar-refractivity contribution in [2.24, 2.45) is 5.73 Å². The number of benzene rings is 1. The molecule has 0 aliphatic heterocycles. The van der Waals surface area contributed by atoms with Gasteiger partial charge in [-0.3, -0.25) is 0 Å². The molecule has 1 aromatic carbocycles.